The lowest BCUT2D eigenvalue weighted by Gasteiger charge is -2.35. The van der Waals surface area contributed by atoms with Crippen molar-refractivity contribution >= 4 is 28.4 Å². The highest BCUT2D eigenvalue weighted by atomic mass is 16.1. The summed E-state index contributed by atoms with van der Waals surface area (Å²) in [6.07, 6.45) is 7.27. The van der Waals surface area contributed by atoms with Crippen LogP contribution in [0.4, 0.5) is 5.69 Å². The molecule has 2 aromatic rings. The van der Waals surface area contributed by atoms with Crippen LogP contribution in [-0.4, -0.2) is 35.9 Å². The number of aryl methyl sites for hydroxylation is 2. The molecule has 1 aromatic carbocycles. The highest BCUT2D eigenvalue weighted by Crippen LogP contribution is 2.35. The van der Waals surface area contributed by atoms with E-state index >= 15 is 0 Å². The van der Waals surface area contributed by atoms with Gasteiger partial charge in [0.25, 0.3) is 5.91 Å². The molecular weight excluding hydrogens is 328 g/mol. The van der Waals surface area contributed by atoms with E-state index in [1.54, 1.807) is 0 Å². The van der Waals surface area contributed by atoms with Gasteiger partial charge in [0.2, 0.25) is 5.91 Å². The van der Waals surface area contributed by atoms with Gasteiger partial charge in [0.15, 0.2) is 0 Å². The number of H-pyrrole nitrogens is 1. The predicted molar refractivity (Wildman–Crippen MR) is 103 cm³/mol. The lowest BCUT2D eigenvalue weighted by atomic mass is 10.00. The Balaban J connectivity index is 1.98. The largest absolute Gasteiger partial charge is 0.369 e. The SMILES string of the molecule is C#CC(=O)N[C@@H]1CCCN(c2ccc(CC(N)=O)c3[nH]c(C)c(C)c23)C1. The number of rotatable bonds is 4. The molecule has 4 N–H and O–H groups in total. The summed E-state index contributed by atoms with van der Waals surface area (Å²) in [6, 6.07) is 4.04. The monoisotopic (exact) mass is 352 g/mol. The second-order valence-corrected chi connectivity index (χ2v) is 6.91. The van der Waals surface area contributed by atoms with Crippen LogP contribution in [0.15, 0.2) is 12.1 Å². The Morgan fingerprint density at radius 2 is 2.19 bits per heavy atom. The number of piperidine rings is 1. The molecule has 2 heterocycles. The summed E-state index contributed by atoms with van der Waals surface area (Å²) in [5.74, 6) is 1.40. The van der Waals surface area contributed by atoms with Gasteiger partial charge in [-0.25, -0.2) is 0 Å². The van der Waals surface area contributed by atoms with Crippen molar-refractivity contribution in [3.63, 3.8) is 0 Å². The van der Waals surface area contributed by atoms with E-state index < -0.39 is 0 Å². The summed E-state index contributed by atoms with van der Waals surface area (Å²) < 4.78 is 0. The van der Waals surface area contributed by atoms with Crippen LogP contribution in [0.1, 0.15) is 29.7 Å². The Kier molecular flexibility index (Phi) is 4.90. The van der Waals surface area contributed by atoms with Gasteiger partial charge >= 0.3 is 0 Å². The van der Waals surface area contributed by atoms with Crippen LogP contribution in [0.5, 0.6) is 0 Å². The molecule has 1 fully saturated rings. The van der Waals surface area contributed by atoms with Crippen LogP contribution in [-0.2, 0) is 16.0 Å². The molecule has 0 unspecified atom stereocenters. The summed E-state index contributed by atoms with van der Waals surface area (Å²) >= 11 is 0. The Bertz CT molecular complexity index is 907. The van der Waals surface area contributed by atoms with E-state index in [4.69, 9.17) is 12.2 Å². The molecule has 1 aromatic heterocycles. The molecular formula is C20H24N4O2. The standard InChI is InChI=1S/C20H24N4O2/c1-4-18(26)23-15-6-5-9-24(11-15)16-8-7-14(10-17(21)25)20-19(16)12(2)13(3)22-20/h1,7-8,15,22H,5-6,9-11H2,2-3H3,(H2,21,25)(H,23,26)/t15-/m1/s1. The highest BCUT2D eigenvalue weighted by Gasteiger charge is 2.24. The van der Waals surface area contributed by atoms with Crippen molar-refractivity contribution < 1.29 is 9.59 Å². The van der Waals surface area contributed by atoms with E-state index in [0.717, 1.165) is 52.8 Å². The Hall–Kier alpha value is -2.94. The number of aromatic amines is 1. The molecule has 0 radical (unpaired) electrons. The molecule has 26 heavy (non-hydrogen) atoms. The number of carbonyl (C=O) groups is 2. The minimum atomic E-state index is -0.368. The van der Waals surface area contributed by atoms with Crippen LogP contribution in [0.3, 0.4) is 0 Å². The van der Waals surface area contributed by atoms with Gasteiger partial charge in [-0.2, -0.15) is 0 Å². The molecule has 0 aliphatic carbocycles. The van der Waals surface area contributed by atoms with Crippen LogP contribution < -0.4 is 16.0 Å². The van der Waals surface area contributed by atoms with Crippen molar-refractivity contribution in [2.45, 2.75) is 39.2 Å². The van der Waals surface area contributed by atoms with Crippen molar-refractivity contribution in [1.82, 2.24) is 10.3 Å². The maximum Gasteiger partial charge on any atom is 0.295 e. The maximum absolute atomic E-state index is 11.5. The van der Waals surface area contributed by atoms with Crippen molar-refractivity contribution in [3.8, 4) is 12.3 Å². The van der Waals surface area contributed by atoms with Crippen LogP contribution >= 0.6 is 0 Å². The molecule has 2 amide bonds. The van der Waals surface area contributed by atoms with Gasteiger partial charge in [-0.05, 0) is 49.8 Å². The van der Waals surface area contributed by atoms with E-state index in [0.29, 0.717) is 6.54 Å². The smallest absolute Gasteiger partial charge is 0.295 e. The Morgan fingerprint density at radius 1 is 1.42 bits per heavy atom. The lowest BCUT2D eigenvalue weighted by molar-refractivity contribution is -0.117. The second kappa shape index (κ2) is 7.12. The van der Waals surface area contributed by atoms with E-state index in [-0.39, 0.29) is 24.3 Å². The van der Waals surface area contributed by atoms with E-state index in [2.05, 4.69) is 28.0 Å². The van der Waals surface area contributed by atoms with E-state index in [1.807, 2.05) is 19.1 Å². The van der Waals surface area contributed by atoms with Crippen LogP contribution in [0.2, 0.25) is 0 Å². The van der Waals surface area contributed by atoms with E-state index in [9.17, 15) is 9.59 Å². The van der Waals surface area contributed by atoms with Gasteiger partial charge in [-0.3, -0.25) is 9.59 Å². The Morgan fingerprint density at radius 3 is 2.88 bits per heavy atom. The quantitative estimate of drug-likeness (QED) is 0.729. The summed E-state index contributed by atoms with van der Waals surface area (Å²) in [5.41, 5.74) is 10.6. The third-order valence-electron chi connectivity index (χ3n) is 5.11. The highest BCUT2D eigenvalue weighted by molar-refractivity contribution is 5.99. The van der Waals surface area contributed by atoms with Crippen molar-refractivity contribution in [2.24, 2.45) is 5.73 Å². The summed E-state index contributed by atoms with van der Waals surface area (Å²) in [4.78, 5) is 28.6. The molecule has 0 saturated carbocycles. The molecule has 1 saturated heterocycles. The van der Waals surface area contributed by atoms with Gasteiger partial charge in [-0.1, -0.05) is 6.07 Å². The second-order valence-electron chi connectivity index (χ2n) is 6.91. The summed E-state index contributed by atoms with van der Waals surface area (Å²) in [6.45, 7) is 5.73. The number of benzene rings is 1. The average Bonchev–Trinajstić information content (AvgIpc) is 2.91. The first-order chi connectivity index (χ1) is 12.4. The first kappa shape index (κ1) is 17.9. The third kappa shape index (κ3) is 3.38. The first-order valence-electron chi connectivity index (χ1n) is 8.81. The average molecular weight is 352 g/mol. The number of nitrogens with one attached hydrogen (secondary N) is 2. The number of nitrogens with zero attached hydrogens (tertiary/aromatic N) is 1. The normalized spacial score (nSPS) is 17.1. The first-order valence-corrected chi connectivity index (χ1v) is 8.81. The van der Waals surface area contributed by atoms with Gasteiger partial charge in [-0.15, -0.1) is 6.42 Å². The maximum atomic E-state index is 11.5. The number of amides is 2. The van der Waals surface area contributed by atoms with Crippen molar-refractivity contribution in [2.75, 3.05) is 18.0 Å². The fraction of sp³-hybridized carbons (Fsp3) is 0.400. The van der Waals surface area contributed by atoms with Crippen LogP contribution in [0, 0.1) is 26.2 Å². The fourth-order valence-corrected chi connectivity index (χ4v) is 3.77. The van der Waals surface area contributed by atoms with E-state index in [1.165, 1.54) is 0 Å². The molecule has 1 atom stereocenters. The lowest BCUT2D eigenvalue weighted by Crippen LogP contribution is -2.47. The van der Waals surface area contributed by atoms with Gasteiger partial charge < -0.3 is 20.9 Å². The number of primary amides is 1. The number of carbonyl (C=O) groups excluding carboxylic acids is 2. The number of anilines is 1. The van der Waals surface area contributed by atoms with Gasteiger partial charge in [0.1, 0.15) is 0 Å². The molecule has 0 bridgehead atoms. The molecule has 6 nitrogen and oxygen atoms in total. The third-order valence-corrected chi connectivity index (χ3v) is 5.11. The minimum absolute atomic E-state index is 0.0352. The number of terminal acetylenes is 1. The fourth-order valence-electron chi connectivity index (χ4n) is 3.77. The zero-order chi connectivity index (χ0) is 18.8. The van der Waals surface area contributed by atoms with Crippen molar-refractivity contribution in [1.29, 1.82) is 0 Å². The molecule has 1 aliphatic rings. The number of nitrogens with two attached hydrogens (primary N) is 1. The molecule has 136 valence electrons. The zero-order valence-electron chi connectivity index (χ0n) is 15.2. The van der Waals surface area contributed by atoms with Crippen LogP contribution in [0.25, 0.3) is 10.9 Å². The summed E-state index contributed by atoms with van der Waals surface area (Å²) in [7, 11) is 0. The molecule has 1 aliphatic heterocycles. The molecule has 0 spiro atoms. The molecule has 3 rings (SSSR count). The predicted octanol–water partition coefficient (Wildman–Crippen LogP) is 1.53. The van der Waals surface area contributed by atoms with Gasteiger partial charge in [0.05, 0.1) is 11.9 Å². The molecule has 6 heteroatoms. The number of fused-ring (bicyclic) bond motifs is 1. The number of hydrogen-bond acceptors (Lipinski definition) is 3. The summed E-state index contributed by atoms with van der Waals surface area (Å²) in [5, 5.41) is 4.00. The topological polar surface area (TPSA) is 91.2 Å². The number of aromatic nitrogens is 1. The van der Waals surface area contributed by atoms with Gasteiger partial charge in [0, 0.05) is 35.9 Å². The number of hydrogen-bond donors (Lipinski definition) is 3. The Labute approximate surface area is 153 Å². The zero-order valence-corrected chi connectivity index (χ0v) is 15.2. The minimum Gasteiger partial charge on any atom is -0.369 e. The van der Waals surface area contributed by atoms with Crippen molar-refractivity contribution in [3.05, 3.63) is 29.0 Å².